The molecule has 1 aromatic heterocycles. The van der Waals surface area contributed by atoms with Gasteiger partial charge in [-0.2, -0.15) is 0 Å². The van der Waals surface area contributed by atoms with Gasteiger partial charge in [-0.05, 0) is 77.9 Å². The summed E-state index contributed by atoms with van der Waals surface area (Å²) in [6.45, 7) is 5.83. The number of halogens is 3. The summed E-state index contributed by atoms with van der Waals surface area (Å²) in [6.07, 6.45) is 4.61. The summed E-state index contributed by atoms with van der Waals surface area (Å²) in [5, 5.41) is 11.8. The third-order valence-electron chi connectivity index (χ3n) is 5.60. The molecule has 2 atom stereocenters. The van der Waals surface area contributed by atoms with Gasteiger partial charge in [0.1, 0.15) is 17.7 Å². The van der Waals surface area contributed by atoms with Crippen molar-refractivity contribution in [3.8, 4) is 0 Å². The quantitative estimate of drug-likeness (QED) is 0.372. The number of aliphatic hydroxyl groups excluding tert-OH is 1. The number of aromatic nitrogens is 1. The Bertz CT molecular complexity index is 1140. The Morgan fingerprint density at radius 2 is 1.91 bits per heavy atom. The average Bonchev–Trinajstić information content (AvgIpc) is 2.79. The van der Waals surface area contributed by atoms with Crippen molar-refractivity contribution in [2.45, 2.75) is 33.3 Å². The van der Waals surface area contributed by atoms with Gasteiger partial charge in [0.15, 0.2) is 0 Å². The predicted octanol–water partition coefficient (Wildman–Crippen LogP) is 7.65. The maximum atomic E-state index is 15.0. The third kappa shape index (κ3) is 5.14. The second kappa shape index (κ2) is 10.7. The SMILES string of the molecule is CC=C(C(=C(c1cccc(F)c1)C(C)CC)C(O)c1cccnc1)c1ccc(Cl)cc1F. The molecule has 0 amide bonds. The van der Waals surface area contributed by atoms with Crippen molar-refractivity contribution in [1.82, 2.24) is 4.98 Å². The smallest absolute Gasteiger partial charge is 0.132 e. The molecule has 0 fully saturated rings. The first-order valence-electron chi connectivity index (χ1n) is 10.6. The lowest BCUT2D eigenvalue weighted by Crippen LogP contribution is -2.12. The van der Waals surface area contributed by atoms with Crippen LogP contribution in [0.5, 0.6) is 0 Å². The number of aliphatic hydroxyl groups is 1. The first-order valence-corrected chi connectivity index (χ1v) is 10.9. The standard InChI is InChI=1S/C27H26ClF2NO/c1-4-17(3)25(18-8-6-10-21(29)14-18)26(27(32)19-9-7-13-31-16-19)22(5-2)23-12-11-20(28)15-24(23)30/h5-17,27,32H,4H2,1-3H3. The van der Waals surface area contributed by atoms with Gasteiger partial charge in [0.25, 0.3) is 0 Å². The van der Waals surface area contributed by atoms with Crippen molar-refractivity contribution < 1.29 is 13.9 Å². The van der Waals surface area contributed by atoms with Gasteiger partial charge in [0.2, 0.25) is 0 Å². The van der Waals surface area contributed by atoms with Crippen LogP contribution in [0.4, 0.5) is 8.78 Å². The van der Waals surface area contributed by atoms with E-state index < -0.39 is 11.9 Å². The molecule has 0 aliphatic rings. The molecule has 2 nitrogen and oxygen atoms in total. The van der Waals surface area contributed by atoms with Crippen molar-refractivity contribution >= 4 is 22.7 Å². The van der Waals surface area contributed by atoms with Crippen LogP contribution in [-0.2, 0) is 0 Å². The summed E-state index contributed by atoms with van der Waals surface area (Å²) in [5.41, 5.74) is 3.31. The van der Waals surface area contributed by atoms with Gasteiger partial charge in [-0.15, -0.1) is 0 Å². The average molecular weight is 454 g/mol. The minimum atomic E-state index is -1.10. The second-order valence-corrected chi connectivity index (χ2v) is 8.10. The number of pyridine rings is 1. The first-order chi connectivity index (χ1) is 15.4. The summed E-state index contributed by atoms with van der Waals surface area (Å²) < 4.78 is 29.2. The van der Waals surface area contributed by atoms with Crippen molar-refractivity contribution in [2.75, 3.05) is 0 Å². The molecular formula is C27H26ClF2NO. The zero-order chi connectivity index (χ0) is 23.3. The van der Waals surface area contributed by atoms with Gasteiger partial charge in [-0.1, -0.05) is 49.7 Å². The Balaban J connectivity index is 2.38. The molecular weight excluding hydrogens is 428 g/mol. The van der Waals surface area contributed by atoms with E-state index in [2.05, 4.69) is 4.98 Å². The Morgan fingerprint density at radius 1 is 1.12 bits per heavy atom. The highest BCUT2D eigenvalue weighted by Crippen LogP contribution is 2.43. The topological polar surface area (TPSA) is 33.1 Å². The van der Waals surface area contributed by atoms with Crippen molar-refractivity contribution in [1.29, 1.82) is 0 Å². The fourth-order valence-electron chi connectivity index (χ4n) is 3.87. The van der Waals surface area contributed by atoms with Crippen molar-refractivity contribution in [3.05, 3.63) is 112 Å². The molecule has 0 saturated heterocycles. The van der Waals surface area contributed by atoms with Crippen LogP contribution in [0.1, 0.15) is 50.0 Å². The van der Waals surface area contributed by atoms with E-state index in [1.807, 2.05) is 19.9 Å². The van der Waals surface area contributed by atoms with E-state index in [4.69, 9.17) is 11.6 Å². The number of nitrogens with zero attached hydrogens (tertiary/aromatic N) is 1. The molecule has 3 aromatic rings. The molecule has 2 aromatic carbocycles. The van der Waals surface area contributed by atoms with E-state index in [-0.39, 0.29) is 16.8 Å². The summed E-state index contributed by atoms with van der Waals surface area (Å²) >= 11 is 5.98. The van der Waals surface area contributed by atoms with E-state index in [0.717, 1.165) is 12.0 Å². The molecule has 0 aliphatic heterocycles. The predicted molar refractivity (Wildman–Crippen MR) is 127 cm³/mol. The Kier molecular flexibility index (Phi) is 7.94. The maximum absolute atomic E-state index is 15.0. The van der Waals surface area contributed by atoms with Gasteiger partial charge in [-0.3, -0.25) is 4.98 Å². The summed E-state index contributed by atoms with van der Waals surface area (Å²) in [5.74, 6) is -0.911. The fraction of sp³-hybridized carbons (Fsp3) is 0.222. The van der Waals surface area contributed by atoms with Crippen LogP contribution < -0.4 is 0 Å². The van der Waals surface area contributed by atoms with E-state index >= 15 is 4.39 Å². The van der Waals surface area contributed by atoms with E-state index in [0.29, 0.717) is 27.8 Å². The summed E-state index contributed by atoms with van der Waals surface area (Å²) in [6, 6.07) is 14.2. The van der Waals surface area contributed by atoms with Crippen LogP contribution >= 0.6 is 11.6 Å². The molecule has 3 rings (SSSR count). The van der Waals surface area contributed by atoms with Crippen LogP contribution in [0, 0.1) is 17.6 Å². The normalized spacial score (nSPS) is 14.7. The molecule has 0 spiro atoms. The lowest BCUT2D eigenvalue weighted by molar-refractivity contribution is 0.220. The number of hydrogen-bond acceptors (Lipinski definition) is 2. The minimum absolute atomic E-state index is 0.0385. The lowest BCUT2D eigenvalue weighted by atomic mass is 9.79. The monoisotopic (exact) mass is 453 g/mol. The van der Waals surface area contributed by atoms with E-state index in [1.165, 1.54) is 18.2 Å². The van der Waals surface area contributed by atoms with Gasteiger partial charge >= 0.3 is 0 Å². The number of benzene rings is 2. The zero-order valence-electron chi connectivity index (χ0n) is 18.3. The molecule has 0 aliphatic carbocycles. The lowest BCUT2D eigenvalue weighted by Gasteiger charge is -2.27. The Hall–Kier alpha value is -2.82. The Morgan fingerprint density at radius 3 is 2.50 bits per heavy atom. The minimum Gasteiger partial charge on any atom is -0.384 e. The van der Waals surface area contributed by atoms with Gasteiger partial charge in [-0.25, -0.2) is 8.78 Å². The maximum Gasteiger partial charge on any atom is 0.132 e. The molecule has 5 heteroatoms. The van der Waals surface area contributed by atoms with E-state index in [1.54, 1.807) is 55.7 Å². The molecule has 0 radical (unpaired) electrons. The highest BCUT2D eigenvalue weighted by atomic mass is 35.5. The van der Waals surface area contributed by atoms with Crippen LogP contribution in [0.15, 0.2) is 78.6 Å². The molecule has 1 heterocycles. The first kappa shape index (κ1) is 23.8. The Labute approximate surface area is 192 Å². The molecule has 2 unspecified atom stereocenters. The van der Waals surface area contributed by atoms with Crippen LogP contribution in [-0.4, -0.2) is 10.1 Å². The molecule has 32 heavy (non-hydrogen) atoms. The van der Waals surface area contributed by atoms with Crippen LogP contribution in [0.3, 0.4) is 0 Å². The molecule has 0 bridgehead atoms. The third-order valence-corrected chi connectivity index (χ3v) is 5.84. The van der Waals surface area contributed by atoms with Gasteiger partial charge in [0, 0.05) is 28.5 Å². The van der Waals surface area contributed by atoms with Gasteiger partial charge < -0.3 is 5.11 Å². The summed E-state index contributed by atoms with van der Waals surface area (Å²) in [4.78, 5) is 4.13. The molecule has 166 valence electrons. The van der Waals surface area contributed by atoms with Crippen molar-refractivity contribution in [3.63, 3.8) is 0 Å². The number of allylic oxidation sites excluding steroid dienone is 2. The molecule has 0 saturated carbocycles. The zero-order valence-corrected chi connectivity index (χ0v) is 19.1. The second-order valence-electron chi connectivity index (χ2n) is 7.66. The highest BCUT2D eigenvalue weighted by Gasteiger charge is 2.27. The largest absolute Gasteiger partial charge is 0.384 e. The van der Waals surface area contributed by atoms with E-state index in [9.17, 15) is 9.50 Å². The fourth-order valence-corrected chi connectivity index (χ4v) is 4.03. The van der Waals surface area contributed by atoms with Crippen LogP contribution in [0.25, 0.3) is 11.1 Å². The van der Waals surface area contributed by atoms with Crippen LogP contribution in [0.2, 0.25) is 5.02 Å². The summed E-state index contributed by atoms with van der Waals surface area (Å²) in [7, 11) is 0. The molecule has 1 N–H and O–H groups in total. The number of rotatable bonds is 7. The van der Waals surface area contributed by atoms with Gasteiger partial charge in [0.05, 0.1) is 0 Å². The highest BCUT2D eigenvalue weighted by molar-refractivity contribution is 6.30. The van der Waals surface area contributed by atoms with Crippen molar-refractivity contribution in [2.24, 2.45) is 5.92 Å². The number of hydrogen-bond donors (Lipinski definition) is 1.